The Hall–Kier alpha value is -1.79. The molecule has 29 heavy (non-hydrogen) atoms. The van der Waals surface area contributed by atoms with Crippen molar-refractivity contribution < 1.29 is 23.4 Å². The van der Waals surface area contributed by atoms with Crippen LogP contribution in [0.4, 0.5) is 0 Å². The van der Waals surface area contributed by atoms with E-state index in [4.69, 9.17) is 18.6 Å². The molecule has 0 aliphatic heterocycles. The number of ether oxygens (including phenoxy) is 3. The summed E-state index contributed by atoms with van der Waals surface area (Å²) in [5.41, 5.74) is 0.790. The van der Waals surface area contributed by atoms with Crippen LogP contribution in [0.3, 0.4) is 0 Å². The van der Waals surface area contributed by atoms with Crippen LogP contribution >= 0.6 is 0 Å². The van der Waals surface area contributed by atoms with Gasteiger partial charge < -0.3 is 18.6 Å². The monoisotopic (exact) mass is 422 g/mol. The molecule has 0 N–H and O–H groups in total. The van der Waals surface area contributed by atoms with Crippen LogP contribution in [-0.2, 0) is 20.4 Å². The van der Waals surface area contributed by atoms with Crippen LogP contribution < -0.4 is 9.47 Å². The fourth-order valence-electron chi connectivity index (χ4n) is 2.79. The minimum Gasteiger partial charge on any atom is -0.497 e. The SMILES string of the molecule is C=CC[C@@H](C[C@@H](C)OC(=O)Cc1cc(OC)cc(OC)c1)O[Si](C)(C)C(C)(C)C. The molecule has 0 saturated carbocycles. The van der Waals surface area contributed by atoms with E-state index >= 15 is 0 Å². The van der Waals surface area contributed by atoms with Gasteiger partial charge in [-0.3, -0.25) is 4.79 Å². The topological polar surface area (TPSA) is 54.0 Å². The molecule has 0 unspecified atom stereocenters. The maximum Gasteiger partial charge on any atom is 0.310 e. The summed E-state index contributed by atoms with van der Waals surface area (Å²) in [7, 11) is 1.26. The highest BCUT2D eigenvalue weighted by molar-refractivity contribution is 6.74. The first-order valence-corrected chi connectivity index (χ1v) is 13.0. The summed E-state index contributed by atoms with van der Waals surface area (Å²) in [4.78, 5) is 12.4. The summed E-state index contributed by atoms with van der Waals surface area (Å²) in [5, 5.41) is 0.123. The lowest BCUT2D eigenvalue weighted by atomic mass is 10.1. The van der Waals surface area contributed by atoms with Crippen LogP contribution in [0.1, 0.15) is 46.1 Å². The zero-order valence-corrected chi connectivity index (χ0v) is 20.3. The fourth-order valence-corrected chi connectivity index (χ4v) is 4.17. The Bertz CT molecular complexity index is 656. The zero-order valence-electron chi connectivity index (χ0n) is 19.3. The smallest absolute Gasteiger partial charge is 0.310 e. The molecule has 0 bridgehead atoms. The largest absolute Gasteiger partial charge is 0.497 e. The number of carbonyl (C=O) groups is 1. The van der Waals surface area contributed by atoms with Gasteiger partial charge in [-0.2, -0.15) is 0 Å². The molecule has 0 aromatic heterocycles. The Labute approximate surface area is 177 Å². The Morgan fingerprint density at radius 2 is 1.69 bits per heavy atom. The normalized spacial score (nSPS) is 14.1. The van der Waals surface area contributed by atoms with E-state index in [0.717, 1.165) is 12.0 Å². The van der Waals surface area contributed by atoms with Crippen LogP contribution in [0.25, 0.3) is 0 Å². The highest BCUT2D eigenvalue weighted by Crippen LogP contribution is 2.38. The summed E-state index contributed by atoms with van der Waals surface area (Å²) in [6.45, 7) is 16.9. The molecule has 0 saturated heterocycles. The number of methoxy groups -OCH3 is 2. The average molecular weight is 423 g/mol. The van der Waals surface area contributed by atoms with Gasteiger partial charge in [0.15, 0.2) is 8.32 Å². The van der Waals surface area contributed by atoms with Crippen molar-refractivity contribution in [3.05, 3.63) is 36.4 Å². The highest BCUT2D eigenvalue weighted by Gasteiger charge is 2.39. The number of hydrogen-bond acceptors (Lipinski definition) is 5. The second-order valence-corrected chi connectivity index (χ2v) is 13.7. The Kier molecular flexibility index (Phi) is 9.43. The number of rotatable bonds is 11. The molecule has 0 aliphatic carbocycles. The van der Waals surface area contributed by atoms with Crippen molar-refractivity contribution in [2.45, 2.75) is 77.3 Å². The van der Waals surface area contributed by atoms with Gasteiger partial charge in [-0.15, -0.1) is 6.58 Å². The molecule has 1 rings (SSSR count). The van der Waals surface area contributed by atoms with E-state index in [2.05, 4.69) is 40.4 Å². The van der Waals surface area contributed by atoms with Gasteiger partial charge in [-0.1, -0.05) is 26.8 Å². The van der Waals surface area contributed by atoms with Gasteiger partial charge in [0.2, 0.25) is 0 Å². The van der Waals surface area contributed by atoms with Crippen molar-refractivity contribution in [2.24, 2.45) is 0 Å². The Balaban J connectivity index is 2.72. The molecule has 0 aliphatic rings. The molecule has 0 heterocycles. The minimum atomic E-state index is -1.91. The van der Waals surface area contributed by atoms with E-state index < -0.39 is 8.32 Å². The van der Waals surface area contributed by atoms with Gasteiger partial charge in [0.25, 0.3) is 0 Å². The number of esters is 1. The lowest BCUT2D eigenvalue weighted by Gasteiger charge is -2.39. The van der Waals surface area contributed by atoms with Crippen LogP contribution in [0, 0.1) is 0 Å². The molecule has 5 nitrogen and oxygen atoms in total. The van der Waals surface area contributed by atoms with Crippen molar-refractivity contribution in [1.82, 2.24) is 0 Å². The first-order valence-electron chi connectivity index (χ1n) is 10.1. The van der Waals surface area contributed by atoms with Crippen molar-refractivity contribution in [2.75, 3.05) is 14.2 Å². The van der Waals surface area contributed by atoms with Crippen molar-refractivity contribution in [1.29, 1.82) is 0 Å². The molecular formula is C23H38O5Si. The maximum absolute atomic E-state index is 12.4. The van der Waals surface area contributed by atoms with Crippen LogP contribution in [0.15, 0.2) is 30.9 Å². The molecule has 0 fully saturated rings. The molecule has 0 amide bonds. The van der Waals surface area contributed by atoms with E-state index in [9.17, 15) is 4.79 Å². The molecular weight excluding hydrogens is 384 g/mol. The van der Waals surface area contributed by atoms with Crippen molar-refractivity contribution in [3.8, 4) is 11.5 Å². The molecule has 6 heteroatoms. The van der Waals surface area contributed by atoms with E-state index in [-0.39, 0.29) is 29.6 Å². The van der Waals surface area contributed by atoms with Gasteiger partial charge >= 0.3 is 5.97 Å². The summed E-state index contributed by atoms with van der Waals surface area (Å²) in [6, 6.07) is 5.40. The van der Waals surface area contributed by atoms with E-state index in [1.54, 1.807) is 20.3 Å². The van der Waals surface area contributed by atoms with Crippen molar-refractivity contribution in [3.63, 3.8) is 0 Å². The van der Waals surface area contributed by atoms with Gasteiger partial charge in [0, 0.05) is 12.5 Å². The summed E-state index contributed by atoms with van der Waals surface area (Å²) in [6.07, 6.45) is 3.16. The fraction of sp³-hybridized carbons (Fsp3) is 0.609. The minimum absolute atomic E-state index is 0.00638. The summed E-state index contributed by atoms with van der Waals surface area (Å²) < 4.78 is 22.7. The van der Waals surface area contributed by atoms with Crippen molar-refractivity contribution >= 4 is 14.3 Å². The highest BCUT2D eigenvalue weighted by atomic mass is 28.4. The predicted molar refractivity (Wildman–Crippen MR) is 120 cm³/mol. The average Bonchev–Trinajstić information content (AvgIpc) is 2.59. The number of benzene rings is 1. The first kappa shape index (κ1) is 25.2. The third kappa shape index (κ3) is 8.23. The van der Waals surface area contributed by atoms with E-state index in [1.165, 1.54) is 0 Å². The molecule has 164 valence electrons. The van der Waals surface area contributed by atoms with Crippen LogP contribution in [-0.4, -0.2) is 40.7 Å². The lowest BCUT2D eigenvalue weighted by Crippen LogP contribution is -2.44. The molecule has 0 spiro atoms. The predicted octanol–water partition coefficient (Wildman–Crippen LogP) is 5.53. The molecule has 2 atom stereocenters. The standard InChI is InChI=1S/C23H38O5Si/c1-10-11-19(28-29(8,9)23(3,4)5)12-17(2)27-22(24)15-18-13-20(25-6)16-21(14-18)26-7/h10,13-14,16-17,19H,1,11-12,15H2,2-9H3/t17-,19+/m1/s1. The Morgan fingerprint density at radius 1 is 1.14 bits per heavy atom. The number of hydrogen-bond donors (Lipinski definition) is 0. The summed E-state index contributed by atoms with van der Waals surface area (Å²) in [5.74, 6) is 1.01. The van der Waals surface area contributed by atoms with Gasteiger partial charge in [0.05, 0.1) is 26.7 Å². The first-order chi connectivity index (χ1) is 13.4. The van der Waals surface area contributed by atoms with E-state index in [1.807, 2.05) is 25.1 Å². The molecule has 1 aromatic rings. The van der Waals surface area contributed by atoms with Crippen LogP contribution in [0.5, 0.6) is 11.5 Å². The third-order valence-corrected chi connectivity index (χ3v) is 9.92. The van der Waals surface area contributed by atoms with Gasteiger partial charge in [-0.05, 0) is 49.2 Å². The summed E-state index contributed by atoms with van der Waals surface area (Å²) >= 11 is 0. The van der Waals surface area contributed by atoms with Crippen LogP contribution in [0.2, 0.25) is 18.1 Å². The zero-order chi connectivity index (χ0) is 22.2. The third-order valence-electron chi connectivity index (χ3n) is 5.38. The van der Waals surface area contributed by atoms with E-state index in [0.29, 0.717) is 17.9 Å². The van der Waals surface area contributed by atoms with Gasteiger partial charge in [-0.25, -0.2) is 0 Å². The Morgan fingerprint density at radius 3 is 2.14 bits per heavy atom. The lowest BCUT2D eigenvalue weighted by molar-refractivity contribution is -0.148. The second-order valence-electron chi connectivity index (χ2n) is 8.96. The van der Waals surface area contributed by atoms with Gasteiger partial charge in [0.1, 0.15) is 17.6 Å². The maximum atomic E-state index is 12.4. The molecule has 1 aromatic carbocycles. The molecule has 0 radical (unpaired) electrons. The second kappa shape index (κ2) is 10.8. The quantitative estimate of drug-likeness (QED) is 0.266. The number of carbonyl (C=O) groups excluding carboxylic acids is 1.